The van der Waals surface area contributed by atoms with Gasteiger partial charge in [0, 0.05) is 16.9 Å². The molecule has 1 aromatic carbocycles. The molecule has 82 valence electrons. The highest BCUT2D eigenvalue weighted by Gasteiger charge is 2.28. The topological polar surface area (TPSA) is 17.1 Å². The number of ketones is 1. The fourth-order valence-corrected chi connectivity index (χ4v) is 1.67. The van der Waals surface area contributed by atoms with E-state index < -0.39 is 5.41 Å². The molecule has 0 aliphatic heterocycles. The minimum atomic E-state index is -0.569. The van der Waals surface area contributed by atoms with Gasteiger partial charge in [-0.1, -0.05) is 31.5 Å². The molecule has 15 heavy (non-hydrogen) atoms. The molecule has 0 fully saturated rings. The Morgan fingerprint density at radius 3 is 2.47 bits per heavy atom. The van der Waals surface area contributed by atoms with Crippen molar-refractivity contribution in [1.82, 2.24) is 0 Å². The molecule has 0 spiro atoms. The lowest BCUT2D eigenvalue weighted by atomic mass is 9.86. The summed E-state index contributed by atoms with van der Waals surface area (Å²) in [6, 6.07) is 5.43. The van der Waals surface area contributed by atoms with Crippen LogP contribution in [0.4, 0.5) is 0 Å². The molecule has 3 heteroatoms. The molecule has 0 heterocycles. The molecular formula is C12H14Cl2O. The van der Waals surface area contributed by atoms with Gasteiger partial charge in [-0.2, -0.15) is 0 Å². The van der Waals surface area contributed by atoms with E-state index in [1.807, 2.05) is 26.8 Å². The van der Waals surface area contributed by atoms with Crippen LogP contribution in [0.5, 0.6) is 0 Å². The van der Waals surface area contributed by atoms with Gasteiger partial charge in [0.15, 0.2) is 5.78 Å². The van der Waals surface area contributed by atoms with Gasteiger partial charge >= 0.3 is 0 Å². The van der Waals surface area contributed by atoms with Gasteiger partial charge in [0.25, 0.3) is 0 Å². The van der Waals surface area contributed by atoms with Crippen LogP contribution < -0.4 is 0 Å². The number of carbonyl (C=O) groups excluding carboxylic acids is 1. The van der Waals surface area contributed by atoms with Crippen LogP contribution in [-0.4, -0.2) is 11.7 Å². The highest BCUT2D eigenvalue weighted by molar-refractivity contribution is 6.34. The molecule has 0 aliphatic rings. The number of carbonyl (C=O) groups is 1. The Hall–Kier alpha value is -0.530. The van der Waals surface area contributed by atoms with Gasteiger partial charge in [-0.05, 0) is 24.6 Å². The van der Waals surface area contributed by atoms with Gasteiger partial charge in [0.2, 0.25) is 0 Å². The fraction of sp³-hybridized carbons (Fsp3) is 0.417. The third-order valence-electron chi connectivity index (χ3n) is 2.32. The van der Waals surface area contributed by atoms with E-state index in [4.69, 9.17) is 23.2 Å². The summed E-state index contributed by atoms with van der Waals surface area (Å²) >= 11 is 11.8. The minimum Gasteiger partial charge on any atom is -0.293 e. The molecule has 0 bridgehead atoms. The maximum Gasteiger partial charge on any atom is 0.171 e. The maximum absolute atomic E-state index is 12.1. The number of aryl methyl sites for hydroxylation is 1. The summed E-state index contributed by atoms with van der Waals surface area (Å²) in [5.41, 5.74) is 1.02. The van der Waals surface area contributed by atoms with E-state index in [0.29, 0.717) is 10.6 Å². The second-order valence-electron chi connectivity index (χ2n) is 4.33. The summed E-state index contributed by atoms with van der Waals surface area (Å²) < 4.78 is 0. The van der Waals surface area contributed by atoms with Crippen molar-refractivity contribution in [2.75, 3.05) is 5.88 Å². The highest BCUT2D eigenvalue weighted by Crippen LogP contribution is 2.28. The third-order valence-corrected chi connectivity index (χ3v) is 3.30. The second kappa shape index (κ2) is 4.54. The van der Waals surface area contributed by atoms with Gasteiger partial charge in [-0.25, -0.2) is 0 Å². The average molecular weight is 245 g/mol. The summed E-state index contributed by atoms with van der Waals surface area (Å²) in [6.07, 6.45) is 0. The number of rotatable bonds is 3. The molecule has 0 aromatic heterocycles. The van der Waals surface area contributed by atoms with E-state index in [2.05, 4.69) is 0 Å². The zero-order valence-corrected chi connectivity index (χ0v) is 10.6. The van der Waals surface area contributed by atoms with Gasteiger partial charge in [0.1, 0.15) is 0 Å². The number of alkyl halides is 1. The lowest BCUT2D eigenvalue weighted by Gasteiger charge is -2.20. The molecular weight excluding hydrogens is 231 g/mol. The largest absolute Gasteiger partial charge is 0.293 e. The molecule has 1 rings (SSSR count). The molecule has 1 nitrogen and oxygen atoms in total. The molecule has 0 amide bonds. The standard InChI is InChI=1S/C12H14Cl2O/c1-8-4-5-9(10(14)6-8)11(15)12(2,3)7-13/h4-6H,7H2,1-3H3. The first-order chi connectivity index (χ1) is 6.88. The second-order valence-corrected chi connectivity index (χ2v) is 5.00. The lowest BCUT2D eigenvalue weighted by molar-refractivity contribution is 0.0862. The molecule has 0 radical (unpaired) electrons. The summed E-state index contributed by atoms with van der Waals surface area (Å²) in [5, 5.41) is 0.498. The van der Waals surface area contributed by atoms with Gasteiger partial charge < -0.3 is 0 Å². The number of benzene rings is 1. The van der Waals surface area contributed by atoms with E-state index in [1.54, 1.807) is 12.1 Å². The third kappa shape index (κ3) is 2.73. The van der Waals surface area contributed by atoms with Crippen molar-refractivity contribution in [2.24, 2.45) is 5.41 Å². The number of Topliss-reactive ketones (excluding diaryl/α,β-unsaturated/α-hetero) is 1. The maximum atomic E-state index is 12.1. The van der Waals surface area contributed by atoms with Crippen LogP contribution in [0.15, 0.2) is 18.2 Å². The van der Waals surface area contributed by atoms with E-state index in [0.717, 1.165) is 5.56 Å². The van der Waals surface area contributed by atoms with E-state index in [1.165, 1.54) is 0 Å². The van der Waals surface area contributed by atoms with E-state index in [-0.39, 0.29) is 11.7 Å². The molecule has 0 saturated carbocycles. The zero-order chi connectivity index (χ0) is 11.6. The SMILES string of the molecule is Cc1ccc(C(=O)C(C)(C)CCl)c(Cl)c1. The predicted molar refractivity (Wildman–Crippen MR) is 65.0 cm³/mol. The Morgan fingerprint density at radius 2 is 2.00 bits per heavy atom. The summed E-state index contributed by atoms with van der Waals surface area (Å²) in [4.78, 5) is 12.1. The first-order valence-corrected chi connectivity index (χ1v) is 5.66. The number of hydrogen-bond acceptors (Lipinski definition) is 1. The normalized spacial score (nSPS) is 11.5. The van der Waals surface area contributed by atoms with Crippen molar-refractivity contribution in [3.05, 3.63) is 34.3 Å². The van der Waals surface area contributed by atoms with Crippen LogP contribution >= 0.6 is 23.2 Å². The van der Waals surface area contributed by atoms with Crippen LogP contribution in [0.3, 0.4) is 0 Å². The molecule has 0 saturated heterocycles. The Balaban J connectivity index is 3.12. The molecule has 0 N–H and O–H groups in total. The van der Waals surface area contributed by atoms with Gasteiger partial charge in [-0.3, -0.25) is 4.79 Å². The quantitative estimate of drug-likeness (QED) is 0.578. The molecule has 1 aromatic rings. The van der Waals surface area contributed by atoms with Gasteiger partial charge in [0.05, 0.1) is 5.02 Å². The first kappa shape index (κ1) is 12.5. The molecule has 0 unspecified atom stereocenters. The minimum absolute atomic E-state index is 0.0116. The summed E-state index contributed by atoms with van der Waals surface area (Å²) in [5.74, 6) is 0.276. The van der Waals surface area contributed by atoms with Crippen LogP contribution in [0.25, 0.3) is 0 Å². The number of hydrogen-bond donors (Lipinski definition) is 0. The zero-order valence-electron chi connectivity index (χ0n) is 9.10. The van der Waals surface area contributed by atoms with Crippen molar-refractivity contribution in [3.63, 3.8) is 0 Å². The number of halogens is 2. The molecule has 0 aliphatic carbocycles. The summed E-state index contributed by atoms with van der Waals surface area (Å²) in [7, 11) is 0. The van der Waals surface area contributed by atoms with Gasteiger partial charge in [-0.15, -0.1) is 11.6 Å². The molecule has 0 atom stereocenters. The van der Waals surface area contributed by atoms with E-state index in [9.17, 15) is 4.79 Å². The van der Waals surface area contributed by atoms with Crippen LogP contribution in [-0.2, 0) is 0 Å². The fourth-order valence-electron chi connectivity index (χ4n) is 1.23. The van der Waals surface area contributed by atoms with Crippen molar-refractivity contribution in [1.29, 1.82) is 0 Å². The Morgan fingerprint density at radius 1 is 1.40 bits per heavy atom. The highest BCUT2D eigenvalue weighted by atomic mass is 35.5. The Bertz CT molecular complexity index is 383. The smallest absolute Gasteiger partial charge is 0.171 e. The van der Waals surface area contributed by atoms with Crippen LogP contribution in [0.1, 0.15) is 29.8 Å². The Kier molecular flexibility index (Phi) is 3.80. The average Bonchev–Trinajstić information content (AvgIpc) is 2.17. The van der Waals surface area contributed by atoms with Crippen molar-refractivity contribution in [2.45, 2.75) is 20.8 Å². The van der Waals surface area contributed by atoms with E-state index >= 15 is 0 Å². The predicted octanol–water partition coefficient (Wildman–Crippen LogP) is 4.10. The first-order valence-electron chi connectivity index (χ1n) is 4.75. The van der Waals surface area contributed by atoms with Crippen molar-refractivity contribution in [3.8, 4) is 0 Å². The monoisotopic (exact) mass is 244 g/mol. The summed E-state index contributed by atoms with van der Waals surface area (Å²) in [6.45, 7) is 5.57. The van der Waals surface area contributed by atoms with Crippen molar-refractivity contribution < 1.29 is 4.79 Å². The van der Waals surface area contributed by atoms with Crippen LogP contribution in [0.2, 0.25) is 5.02 Å². The van der Waals surface area contributed by atoms with Crippen molar-refractivity contribution >= 4 is 29.0 Å². The van der Waals surface area contributed by atoms with Crippen LogP contribution in [0, 0.1) is 12.3 Å². The Labute approximate surface area is 100 Å². The lowest BCUT2D eigenvalue weighted by Crippen LogP contribution is -2.26.